The van der Waals surface area contributed by atoms with Gasteiger partial charge in [-0.2, -0.15) is 0 Å². The number of ether oxygens (including phenoxy) is 6. The van der Waals surface area contributed by atoms with E-state index in [1.54, 1.807) is 0 Å². The van der Waals surface area contributed by atoms with E-state index in [-0.39, 0.29) is 68.3 Å². The molecule has 0 amide bonds. The zero-order chi connectivity index (χ0) is 96.6. The molecule has 0 saturated carbocycles. The standard InChI is InChI=1S/C40H74O4.C40H70O4.C39H72O5.Ni.HP/c2*1-38(34-30-26-22-18-14-10-6-4-8-12-16-20-24-28-32-36-39(41)43-2)35-31-27-23-19-15-11-7-5-9-13-17-21-25-29-33-37-40(42)44-3;1-43-38(41)35-31-27-23-19-15-11-7-3-5-9-13-17-21-25-29-33-37(40)34-30-26-22-18-14-10-6-4-8-12-16-20-24-28-32-36-39(42)44-2;;/h4-5,8-9,38H,6-7,10-37H2,1-3H3;38H,6-7,10-37H2,1-3H3;3-4,7-8,37,40H,5-6,9-36H2,1-2H3;;1H/q;;;;-2/b8-4-,9-5-;;7-3-,8-4-;;. The zero-order valence-corrected chi connectivity index (χ0v) is 91.1. The first-order valence-corrected chi connectivity index (χ1v) is 56.4. The number of unbranched alkanes of at least 4 members (excludes halogenated alkanes) is 66. The van der Waals surface area contributed by atoms with E-state index >= 15 is 0 Å². The fourth-order valence-electron chi connectivity index (χ4n) is 17.1. The Morgan fingerprint density at radius 1 is 0.194 bits per heavy atom. The number of rotatable bonds is 98. The molecular weight excluding hydrogens is 1730 g/mol. The van der Waals surface area contributed by atoms with Crippen molar-refractivity contribution in [3.63, 3.8) is 0 Å². The van der Waals surface area contributed by atoms with Crippen molar-refractivity contribution in [3.05, 3.63) is 48.6 Å². The molecule has 0 radical (unpaired) electrons. The van der Waals surface area contributed by atoms with Gasteiger partial charge >= 0.3 is 35.8 Å². The fraction of sp³-hybridized carbons (Fsp3) is 0.849. The minimum absolute atomic E-state index is 0. The maximum Gasteiger partial charge on any atom is 0.305 e. The van der Waals surface area contributed by atoms with Crippen LogP contribution in [0.25, 0.3) is 0 Å². The van der Waals surface area contributed by atoms with E-state index in [9.17, 15) is 33.9 Å². The molecular formula is C119H217NiO13P-2. The summed E-state index contributed by atoms with van der Waals surface area (Å²) in [6, 6.07) is 0. The van der Waals surface area contributed by atoms with Crippen LogP contribution in [0.4, 0.5) is 0 Å². The second-order valence-electron chi connectivity index (χ2n) is 38.8. The van der Waals surface area contributed by atoms with Crippen molar-refractivity contribution in [3.8, 4) is 23.7 Å². The fourth-order valence-corrected chi connectivity index (χ4v) is 17.1. The maximum absolute atomic E-state index is 11.1. The van der Waals surface area contributed by atoms with Gasteiger partial charge in [0.2, 0.25) is 0 Å². The molecule has 0 atom stereocenters. The smallest absolute Gasteiger partial charge is 0.305 e. The molecule has 0 fully saturated rings. The zero-order valence-electron chi connectivity index (χ0n) is 89.2. The Morgan fingerprint density at radius 2 is 0.313 bits per heavy atom. The van der Waals surface area contributed by atoms with Gasteiger partial charge in [-0.25, -0.2) is 0 Å². The number of aliphatic hydroxyl groups is 1. The van der Waals surface area contributed by atoms with Gasteiger partial charge in [0, 0.05) is 80.7 Å². The molecule has 134 heavy (non-hydrogen) atoms. The summed E-state index contributed by atoms with van der Waals surface area (Å²) in [7, 11) is 8.76. The van der Waals surface area contributed by atoms with Crippen LogP contribution in [-0.2, 0) is 73.7 Å². The molecule has 0 unspecified atom stereocenters. The molecule has 13 nitrogen and oxygen atoms in total. The molecule has 788 valence electrons. The van der Waals surface area contributed by atoms with Gasteiger partial charge in [0.15, 0.2) is 0 Å². The summed E-state index contributed by atoms with van der Waals surface area (Å²) in [6.45, 7) is 4.92. The third kappa shape index (κ3) is 126. The summed E-state index contributed by atoms with van der Waals surface area (Å²) in [5, 5.41) is 10.3. The third-order valence-corrected chi connectivity index (χ3v) is 26.1. The van der Waals surface area contributed by atoms with Crippen molar-refractivity contribution in [2.75, 3.05) is 42.7 Å². The summed E-state index contributed by atoms with van der Waals surface area (Å²) < 4.78 is 28.0. The van der Waals surface area contributed by atoms with Crippen molar-refractivity contribution in [2.24, 2.45) is 11.8 Å². The van der Waals surface area contributed by atoms with Crippen LogP contribution in [0.3, 0.4) is 0 Å². The predicted octanol–water partition coefficient (Wildman–Crippen LogP) is 36.6. The van der Waals surface area contributed by atoms with E-state index in [0.717, 1.165) is 127 Å². The molecule has 1 N–H and O–H groups in total. The van der Waals surface area contributed by atoms with Gasteiger partial charge in [0.25, 0.3) is 0 Å². The maximum atomic E-state index is 11.1. The molecule has 0 aliphatic carbocycles. The molecule has 0 aromatic carbocycles. The Balaban J connectivity index is -0.000000616. The van der Waals surface area contributed by atoms with E-state index in [4.69, 9.17) is 0 Å². The number of hydrogen-bond acceptors (Lipinski definition) is 13. The first kappa shape index (κ1) is 138. The summed E-state index contributed by atoms with van der Waals surface area (Å²) in [6.07, 6.45) is 127. The normalized spacial score (nSPS) is 11.2. The van der Waals surface area contributed by atoms with E-state index in [0.29, 0.717) is 38.5 Å². The Labute approximate surface area is 843 Å². The minimum atomic E-state index is -0.0926. The van der Waals surface area contributed by atoms with E-state index in [1.165, 1.54) is 466 Å². The van der Waals surface area contributed by atoms with Crippen LogP contribution in [0, 0.1) is 35.5 Å². The Bertz CT molecular complexity index is 2400. The summed E-state index contributed by atoms with van der Waals surface area (Å²) in [4.78, 5) is 66.4. The van der Waals surface area contributed by atoms with Crippen molar-refractivity contribution in [2.45, 2.75) is 598 Å². The SMILES string of the molecule is COC(=O)CCCCCCC/C=C\CCCCCCCCC(C)CCCCCCCC/C=C\CCCCCCCC(=O)OC.COC(=O)CCCCCCC/C=C\CCCCCCCCC(O)CCCCCCCC/C=C\CCCCCCCC(=O)OC.COC(=O)CCCCCCCC#CCCCCCCCCC(C)CCCCCCCCC#CCCCCCCCC(=O)OC.[Ni].[PH-2]. The molecule has 0 aliphatic rings. The van der Waals surface area contributed by atoms with Gasteiger partial charge < -0.3 is 43.4 Å². The molecule has 0 heterocycles. The van der Waals surface area contributed by atoms with Crippen molar-refractivity contribution in [1.82, 2.24) is 0 Å². The van der Waals surface area contributed by atoms with Gasteiger partial charge in [-0.15, -0.1) is 23.7 Å². The molecule has 0 bridgehead atoms. The first-order valence-electron chi connectivity index (χ1n) is 56.4. The summed E-state index contributed by atoms with van der Waals surface area (Å²) >= 11 is 0. The molecule has 0 aromatic rings. The molecule has 0 saturated heterocycles. The van der Waals surface area contributed by atoms with E-state index < -0.39 is 0 Å². The first-order chi connectivity index (χ1) is 64.8. The molecule has 0 rings (SSSR count). The summed E-state index contributed by atoms with van der Waals surface area (Å²) in [5.74, 6) is 14.7. The van der Waals surface area contributed by atoms with Gasteiger partial charge in [-0.1, -0.05) is 396 Å². The van der Waals surface area contributed by atoms with Crippen LogP contribution < -0.4 is 0 Å². The van der Waals surface area contributed by atoms with Gasteiger partial charge in [-0.3, -0.25) is 28.8 Å². The van der Waals surface area contributed by atoms with Crippen LogP contribution in [0.5, 0.6) is 0 Å². The number of carbonyl (C=O) groups is 6. The van der Waals surface area contributed by atoms with Gasteiger partial charge in [-0.05, 0) is 192 Å². The van der Waals surface area contributed by atoms with Gasteiger partial charge in [0.05, 0.1) is 48.8 Å². The van der Waals surface area contributed by atoms with Crippen molar-refractivity contribution < 1.29 is 78.8 Å². The largest absolute Gasteiger partial charge is 1.51 e. The average Bonchev–Trinajstić information content (AvgIpc) is 1.05. The molecule has 15 heteroatoms. The summed E-state index contributed by atoms with van der Waals surface area (Å²) in [5.41, 5.74) is 0. The Morgan fingerprint density at radius 3 is 0.463 bits per heavy atom. The van der Waals surface area contributed by atoms with E-state index in [1.807, 2.05) is 0 Å². The van der Waals surface area contributed by atoms with E-state index in [2.05, 4.69) is 115 Å². The molecule has 0 aromatic heterocycles. The Hall–Kier alpha value is -4.22. The number of methoxy groups -OCH3 is 6. The van der Waals surface area contributed by atoms with Crippen molar-refractivity contribution in [1.29, 1.82) is 0 Å². The minimum Gasteiger partial charge on any atom is -1.51 e. The number of hydrogen-bond donors (Lipinski definition) is 1. The van der Waals surface area contributed by atoms with Crippen LogP contribution in [0.2, 0.25) is 0 Å². The number of aliphatic hydroxyl groups excluding tert-OH is 1. The Kier molecular flexibility index (Phi) is 127. The van der Waals surface area contributed by atoms with Crippen molar-refractivity contribution >= 4 is 45.7 Å². The quantitative estimate of drug-likeness (QED) is 0.0116. The van der Waals surface area contributed by atoms with Crippen LogP contribution >= 0.6 is 9.90 Å². The predicted molar refractivity (Wildman–Crippen MR) is 572 cm³/mol. The second kappa shape index (κ2) is 123. The molecule has 0 aliphatic heterocycles. The number of allylic oxidation sites excluding steroid dienone is 8. The topological polar surface area (TPSA) is 178 Å². The van der Waals surface area contributed by atoms with Crippen LogP contribution in [0.1, 0.15) is 592 Å². The average molecular weight is 1950 g/mol. The number of esters is 6. The monoisotopic (exact) mass is 1940 g/mol. The van der Waals surface area contributed by atoms with Crippen LogP contribution in [-0.4, -0.2) is 89.7 Å². The number of carbonyl (C=O) groups excluding carboxylic acids is 6. The molecule has 0 spiro atoms. The third-order valence-electron chi connectivity index (χ3n) is 26.1. The second-order valence-corrected chi connectivity index (χ2v) is 38.8. The van der Waals surface area contributed by atoms with Crippen LogP contribution in [0.15, 0.2) is 48.6 Å². The van der Waals surface area contributed by atoms with Gasteiger partial charge in [0.1, 0.15) is 0 Å².